The molecule has 4 heteroatoms. The molecule has 0 aromatic rings. The van der Waals surface area contributed by atoms with E-state index in [-0.39, 0.29) is 13.2 Å². The smallest absolute Gasteiger partial charge is 0.296 e. The van der Waals surface area contributed by atoms with Crippen LogP contribution in [0.25, 0.3) is 0 Å². The van der Waals surface area contributed by atoms with Gasteiger partial charge in [0.05, 0.1) is 19.3 Å². The Labute approximate surface area is 65.2 Å². The van der Waals surface area contributed by atoms with Crippen molar-refractivity contribution >= 4 is 5.91 Å². The van der Waals surface area contributed by atoms with Crippen LogP contribution in [-0.2, 0) is 4.79 Å². The monoisotopic (exact) mass is 157 g/mol. The van der Waals surface area contributed by atoms with E-state index >= 15 is 0 Å². The molecule has 0 fully saturated rings. The van der Waals surface area contributed by atoms with Gasteiger partial charge in [-0.1, -0.05) is 5.92 Å². The van der Waals surface area contributed by atoms with Crippen molar-refractivity contribution < 1.29 is 15.0 Å². The van der Waals surface area contributed by atoms with Crippen molar-refractivity contribution in [3.05, 3.63) is 0 Å². The Kier molecular flexibility index (Phi) is 5.17. The summed E-state index contributed by atoms with van der Waals surface area (Å²) in [6.45, 7) is 0.966. The van der Waals surface area contributed by atoms with E-state index in [9.17, 15) is 4.79 Å². The standard InChI is InChI=1S/C7H11NO3/c1-2-3-7(11)8-6(4-9)5-10/h6,9-10H,4-5H2,1H3,(H,8,11). The minimum atomic E-state index is -0.608. The quantitative estimate of drug-likeness (QED) is 0.436. The third-order valence-electron chi connectivity index (χ3n) is 1.01. The first-order valence-electron chi connectivity index (χ1n) is 3.19. The first-order chi connectivity index (χ1) is 5.24. The molecule has 0 aromatic heterocycles. The number of amides is 1. The van der Waals surface area contributed by atoms with Crippen molar-refractivity contribution in [1.82, 2.24) is 5.32 Å². The molecule has 0 rings (SSSR count). The summed E-state index contributed by atoms with van der Waals surface area (Å²) < 4.78 is 0. The second kappa shape index (κ2) is 5.71. The van der Waals surface area contributed by atoms with Crippen molar-refractivity contribution in [3.8, 4) is 11.8 Å². The minimum absolute atomic E-state index is 0.284. The normalized spacial score (nSPS) is 8.73. The number of carbonyl (C=O) groups is 1. The first kappa shape index (κ1) is 9.95. The molecule has 0 aliphatic carbocycles. The number of hydrogen-bond acceptors (Lipinski definition) is 3. The molecular formula is C7H11NO3. The summed E-state index contributed by atoms with van der Waals surface area (Å²) in [5.41, 5.74) is 0. The van der Waals surface area contributed by atoms with E-state index in [1.165, 1.54) is 6.92 Å². The third kappa shape index (κ3) is 4.37. The van der Waals surface area contributed by atoms with Gasteiger partial charge in [0.15, 0.2) is 0 Å². The van der Waals surface area contributed by atoms with Crippen LogP contribution < -0.4 is 5.32 Å². The number of aliphatic hydroxyl groups excluding tert-OH is 2. The highest BCUT2D eigenvalue weighted by molar-refractivity contribution is 5.93. The van der Waals surface area contributed by atoms with Gasteiger partial charge in [0, 0.05) is 0 Å². The van der Waals surface area contributed by atoms with Gasteiger partial charge in [-0.15, -0.1) is 0 Å². The van der Waals surface area contributed by atoms with Crippen molar-refractivity contribution in [1.29, 1.82) is 0 Å². The second-order valence-electron chi connectivity index (χ2n) is 1.91. The SMILES string of the molecule is CC#CC(=O)NC(CO)CO. The van der Waals surface area contributed by atoms with Crippen LogP contribution in [0, 0.1) is 11.8 Å². The zero-order valence-corrected chi connectivity index (χ0v) is 6.29. The Balaban J connectivity index is 3.78. The molecule has 4 nitrogen and oxygen atoms in total. The van der Waals surface area contributed by atoms with Gasteiger partial charge in [-0.3, -0.25) is 4.79 Å². The molecule has 0 spiro atoms. The topological polar surface area (TPSA) is 69.6 Å². The van der Waals surface area contributed by atoms with Gasteiger partial charge in [0.2, 0.25) is 0 Å². The Bertz CT molecular complexity index is 176. The van der Waals surface area contributed by atoms with E-state index in [1.54, 1.807) is 0 Å². The van der Waals surface area contributed by atoms with Crippen molar-refractivity contribution in [2.24, 2.45) is 0 Å². The predicted octanol–water partition coefficient (Wildman–Crippen LogP) is -1.52. The molecule has 0 atom stereocenters. The zero-order valence-electron chi connectivity index (χ0n) is 6.29. The van der Waals surface area contributed by atoms with Crippen LogP contribution in [0.15, 0.2) is 0 Å². The minimum Gasteiger partial charge on any atom is -0.394 e. The average Bonchev–Trinajstić information content (AvgIpc) is 2.01. The molecule has 0 radical (unpaired) electrons. The molecule has 0 aliphatic heterocycles. The van der Waals surface area contributed by atoms with Gasteiger partial charge in [-0.05, 0) is 12.8 Å². The molecule has 1 amide bonds. The maximum Gasteiger partial charge on any atom is 0.296 e. The first-order valence-corrected chi connectivity index (χ1v) is 3.19. The van der Waals surface area contributed by atoms with Crippen molar-refractivity contribution in [2.75, 3.05) is 13.2 Å². The zero-order chi connectivity index (χ0) is 8.69. The molecule has 11 heavy (non-hydrogen) atoms. The number of rotatable bonds is 3. The Morgan fingerprint density at radius 2 is 2.09 bits per heavy atom. The van der Waals surface area contributed by atoms with Crippen LogP contribution in [0.3, 0.4) is 0 Å². The van der Waals surface area contributed by atoms with Gasteiger partial charge in [0.25, 0.3) is 5.91 Å². The summed E-state index contributed by atoms with van der Waals surface area (Å²) in [5, 5.41) is 19.3. The molecule has 3 N–H and O–H groups in total. The molecule has 0 unspecified atom stereocenters. The number of hydrogen-bond donors (Lipinski definition) is 3. The van der Waals surface area contributed by atoms with E-state index in [1.807, 2.05) is 0 Å². The highest BCUT2D eigenvalue weighted by Gasteiger charge is 2.06. The van der Waals surface area contributed by atoms with Crippen LogP contribution >= 0.6 is 0 Å². The fourth-order valence-corrected chi connectivity index (χ4v) is 0.484. The molecule has 0 aromatic carbocycles. The molecular weight excluding hydrogens is 146 g/mol. The lowest BCUT2D eigenvalue weighted by Gasteiger charge is -2.09. The maximum atomic E-state index is 10.7. The summed E-state index contributed by atoms with van der Waals surface area (Å²) in [7, 11) is 0. The van der Waals surface area contributed by atoms with Gasteiger partial charge in [-0.25, -0.2) is 0 Å². The summed E-state index contributed by atoms with van der Waals surface area (Å²) in [6, 6.07) is -0.608. The summed E-state index contributed by atoms with van der Waals surface area (Å²) >= 11 is 0. The van der Waals surface area contributed by atoms with Crippen LogP contribution in [0.2, 0.25) is 0 Å². The average molecular weight is 157 g/mol. The van der Waals surface area contributed by atoms with Crippen LogP contribution in [0.4, 0.5) is 0 Å². The fourth-order valence-electron chi connectivity index (χ4n) is 0.484. The van der Waals surface area contributed by atoms with Gasteiger partial charge < -0.3 is 15.5 Å². The number of carbonyl (C=O) groups excluding carboxylic acids is 1. The molecule has 0 saturated heterocycles. The van der Waals surface area contributed by atoms with Crippen LogP contribution in [-0.4, -0.2) is 35.4 Å². The summed E-state index contributed by atoms with van der Waals surface area (Å²) in [4.78, 5) is 10.7. The Hall–Kier alpha value is -1.05. The maximum absolute atomic E-state index is 10.7. The van der Waals surface area contributed by atoms with E-state index in [0.717, 1.165) is 0 Å². The molecule has 0 bridgehead atoms. The lowest BCUT2D eigenvalue weighted by atomic mass is 10.3. The van der Waals surface area contributed by atoms with E-state index in [2.05, 4.69) is 17.2 Å². The van der Waals surface area contributed by atoms with Gasteiger partial charge in [-0.2, -0.15) is 0 Å². The van der Waals surface area contributed by atoms with E-state index in [4.69, 9.17) is 10.2 Å². The largest absolute Gasteiger partial charge is 0.394 e. The van der Waals surface area contributed by atoms with E-state index < -0.39 is 11.9 Å². The highest BCUT2D eigenvalue weighted by Crippen LogP contribution is 1.78. The van der Waals surface area contributed by atoms with E-state index in [0.29, 0.717) is 0 Å². The lowest BCUT2D eigenvalue weighted by molar-refractivity contribution is -0.117. The van der Waals surface area contributed by atoms with Crippen LogP contribution in [0.5, 0.6) is 0 Å². The van der Waals surface area contributed by atoms with Crippen LogP contribution in [0.1, 0.15) is 6.92 Å². The van der Waals surface area contributed by atoms with Crippen molar-refractivity contribution in [3.63, 3.8) is 0 Å². The predicted molar refractivity (Wildman–Crippen MR) is 39.6 cm³/mol. The Morgan fingerprint density at radius 3 is 2.45 bits per heavy atom. The molecule has 62 valence electrons. The fraction of sp³-hybridized carbons (Fsp3) is 0.571. The molecule has 0 aliphatic rings. The second-order valence-corrected chi connectivity index (χ2v) is 1.91. The number of nitrogens with one attached hydrogen (secondary N) is 1. The molecule has 0 heterocycles. The van der Waals surface area contributed by atoms with Gasteiger partial charge in [0.1, 0.15) is 0 Å². The highest BCUT2D eigenvalue weighted by atomic mass is 16.3. The molecule has 0 saturated carbocycles. The summed E-state index contributed by atoms with van der Waals surface area (Å²) in [5.74, 6) is 4.13. The number of aliphatic hydroxyl groups is 2. The lowest BCUT2D eigenvalue weighted by Crippen LogP contribution is -2.39. The Morgan fingerprint density at radius 1 is 1.55 bits per heavy atom. The van der Waals surface area contributed by atoms with Crippen molar-refractivity contribution in [2.45, 2.75) is 13.0 Å². The third-order valence-corrected chi connectivity index (χ3v) is 1.01. The summed E-state index contributed by atoms with van der Waals surface area (Å²) in [6.07, 6.45) is 0. The van der Waals surface area contributed by atoms with Gasteiger partial charge >= 0.3 is 0 Å².